The van der Waals surface area contributed by atoms with Crippen molar-refractivity contribution in [3.63, 3.8) is 0 Å². The molecule has 1 aliphatic heterocycles. The molecule has 4 nitrogen and oxygen atoms in total. The third-order valence-electron chi connectivity index (χ3n) is 4.63. The van der Waals surface area contributed by atoms with E-state index in [1.165, 1.54) is 10.5 Å². The lowest BCUT2D eigenvalue weighted by Crippen LogP contribution is -3.15. The number of ether oxygens (including phenoxy) is 2. The Labute approximate surface area is 122 Å². The van der Waals surface area contributed by atoms with Crippen LogP contribution in [0.1, 0.15) is 27.2 Å². The number of rotatable bonds is 4. The minimum absolute atomic E-state index is 0.0624. The Morgan fingerprint density at radius 1 is 1.40 bits per heavy atom. The second kappa shape index (κ2) is 7.23. The van der Waals surface area contributed by atoms with Crippen LogP contribution in [0.2, 0.25) is 0 Å². The highest BCUT2D eigenvalue weighted by molar-refractivity contribution is 5.70. The number of carbonyl (C=O) groups is 1. The normalized spacial score (nSPS) is 31.8. The van der Waals surface area contributed by atoms with E-state index in [0.717, 1.165) is 32.7 Å². The van der Waals surface area contributed by atoms with Gasteiger partial charge in [0.05, 0.1) is 19.8 Å². The standard InChI is InChI=1S/C16H27NO3/c1-12-8-13(2)15(14(3)9-12)11-20-16(18)10-17-4-6-19-7-5-17/h8,13-15H,4-7,9-11H2,1-3H3/p+1/t13-,14+,15-/m0/s1. The van der Waals surface area contributed by atoms with Gasteiger partial charge in [-0.1, -0.05) is 25.5 Å². The Kier molecular flexibility index (Phi) is 5.61. The van der Waals surface area contributed by atoms with E-state index in [9.17, 15) is 4.79 Å². The van der Waals surface area contributed by atoms with Crippen molar-refractivity contribution < 1.29 is 19.2 Å². The number of hydrogen-bond acceptors (Lipinski definition) is 3. The molecule has 1 heterocycles. The molecule has 0 amide bonds. The van der Waals surface area contributed by atoms with Gasteiger partial charge in [0.15, 0.2) is 6.54 Å². The molecule has 1 N–H and O–H groups in total. The second-order valence-electron chi connectivity index (χ2n) is 6.44. The molecule has 0 unspecified atom stereocenters. The van der Waals surface area contributed by atoms with Crippen LogP contribution in [0.4, 0.5) is 0 Å². The summed E-state index contributed by atoms with van der Waals surface area (Å²) in [5.74, 6) is 1.50. The monoisotopic (exact) mass is 282 g/mol. The van der Waals surface area contributed by atoms with Crippen molar-refractivity contribution in [3.8, 4) is 0 Å². The Hall–Kier alpha value is -0.870. The first-order valence-electron chi connectivity index (χ1n) is 7.80. The van der Waals surface area contributed by atoms with Gasteiger partial charge >= 0.3 is 5.97 Å². The molecule has 4 heteroatoms. The number of allylic oxidation sites excluding steroid dienone is 2. The number of nitrogens with one attached hydrogen (secondary N) is 1. The quantitative estimate of drug-likeness (QED) is 0.609. The van der Waals surface area contributed by atoms with Crippen molar-refractivity contribution in [3.05, 3.63) is 11.6 Å². The first kappa shape index (κ1) is 15.5. The summed E-state index contributed by atoms with van der Waals surface area (Å²) in [5.41, 5.74) is 1.46. The molecule has 0 aromatic heterocycles. The molecule has 0 saturated carbocycles. The number of morpholine rings is 1. The maximum Gasteiger partial charge on any atom is 0.361 e. The van der Waals surface area contributed by atoms with Crippen LogP contribution in [0.15, 0.2) is 11.6 Å². The summed E-state index contributed by atoms with van der Waals surface area (Å²) in [6.07, 6.45) is 3.45. The topological polar surface area (TPSA) is 40.0 Å². The van der Waals surface area contributed by atoms with Crippen molar-refractivity contribution in [1.29, 1.82) is 0 Å². The minimum Gasteiger partial charge on any atom is -0.461 e. The van der Waals surface area contributed by atoms with E-state index >= 15 is 0 Å². The Bertz CT molecular complexity index is 361. The Balaban J connectivity index is 1.75. The van der Waals surface area contributed by atoms with E-state index in [1.54, 1.807) is 0 Å². The van der Waals surface area contributed by atoms with Gasteiger partial charge in [-0.05, 0) is 25.2 Å². The molecule has 1 aliphatic carbocycles. The minimum atomic E-state index is -0.0624. The predicted molar refractivity (Wildman–Crippen MR) is 77.5 cm³/mol. The Morgan fingerprint density at radius 3 is 2.75 bits per heavy atom. The second-order valence-corrected chi connectivity index (χ2v) is 6.44. The average Bonchev–Trinajstić information content (AvgIpc) is 2.38. The molecule has 0 aromatic rings. The van der Waals surface area contributed by atoms with Gasteiger partial charge in [0.2, 0.25) is 0 Å². The molecule has 114 valence electrons. The molecular weight excluding hydrogens is 254 g/mol. The molecule has 2 aliphatic rings. The van der Waals surface area contributed by atoms with Gasteiger partial charge in [-0.2, -0.15) is 0 Å². The third kappa shape index (κ3) is 4.32. The number of carbonyl (C=O) groups excluding carboxylic acids is 1. The fraction of sp³-hybridized carbons (Fsp3) is 0.812. The van der Waals surface area contributed by atoms with Crippen molar-refractivity contribution >= 4 is 5.97 Å². The number of hydrogen-bond donors (Lipinski definition) is 1. The molecule has 2 rings (SSSR count). The van der Waals surface area contributed by atoms with Crippen LogP contribution in [0.5, 0.6) is 0 Å². The van der Waals surface area contributed by atoms with Crippen LogP contribution in [0.3, 0.4) is 0 Å². The van der Waals surface area contributed by atoms with Gasteiger partial charge in [0.1, 0.15) is 13.1 Å². The fourth-order valence-electron chi connectivity index (χ4n) is 3.42. The highest BCUT2D eigenvalue weighted by atomic mass is 16.5. The van der Waals surface area contributed by atoms with Gasteiger partial charge < -0.3 is 14.4 Å². The SMILES string of the molecule is CC1=C[C@H](C)[C@H](COC(=O)C[NH+]2CCOCC2)[C@H](C)C1. The first-order chi connectivity index (χ1) is 9.56. The Morgan fingerprint density at radius 2 is 2.10 bits per heavy atom. The number of quaternary nitrogens is 1. The summed E-state index contributed by atoms with van der Waals surface area (Å²) >= 11 is 0. The van der Waals surface area contributed by atoms with E-state index in [-0.39, 0.29) is 5.97 Å². The van der Waals surface area contributed by atoms with Gasteiger partial charge in [-0.3, -0.25) is 0 Å². The summed E-state index contributed by atoms with van der Waals surface area (Å²) in [5, 5.41) is 0. The molecule has 0 radical (unpaired) electrons. The van der Waals surface area contributed by atoms with Gasteiger partial charge in [0.25, 0.3) is 0 Å². The third-order valence-corrected chi connectivity index (χ3v) is 4.63. The van der Waals surface area contributed by atoms with Gasteiger partial charge in [-0.25, -0.2) is 4.79 Å². The summed E-state index contributed by atoms with van der Waals surface area (Å²) < 4.78 is 10.8. The zero-order valence-corrected chi connectivity index (χ0v) is 13.0. The lowest BCUT2D eigenvalue weighted by atomic mass is 9.75. The van der Waals surface area contributed by atoms with Gasteiger partial charge in [-0.15, -0.1) is 0 Å². The van der Waals surface area contributed by atoms with Crippen LogP contribution in [-0.4, -0.2) is 45.4 Å². The van der Waals surface area contributed by atoms with E-state index in [0.29, 0.717) is 30.9 Å². The lowest BCUT2D eigenvalue weighted by Gasteiger charge is -2.32. The number of esters is 1. The largest absolute Gasteiger partial charge is 0.461 e. The van der Waals surface area contributed by atoms with Crippen LogP contribution < -0.4 is 4.90 Å². The molecule has 0 bridgehead atoms. The van der Waals surface area contributed by atoms with E-state index in [1.807, 2.05) is 0 Å². The molecule has 1 fully saturated rings. The van der Waals surface area contributed by atoms with Crippen LogP contribution in [0.25, 0.3) is 0 Å². The molecule has 20 heavy (non-hydrogen) atoms. The summed E-state index contributed by atoms with van der Waals surface area (Å²) in [6.45, 7) is 11.1. The average molecular weight is 282 g/mol. The zero-order chi connectivity index (χ0) is 14.5. The lowest BCUT2D eigenvalue weighted by molar-refractivity contribution is -0.900. The summed E-state index contributed by atoms with van der Waals surface area (Å²) in [4.78, 5) is 13.2. The summed E-state index contributed by atoms with van der Waals surface area (Å²) in [7, 11) is 0. The molecule has 1 saturated heterocycles. The first-order valence-corrected chi connectivity index (χ1v) is 7.80. The zero-order valence-electron chi connectivity index (χ0n) is 13.0. The molecule has 3 atom stereocenters. The van der Waals surface area contributed by atoms with E-state index in [4.69, 9.17) is 9.47 Å². The maximum absolute atomic E-state index is 11.9. The van der Waals surface area contributed by atoms with Crippen molar-refractivity contribution in [2.45, 2.75) is 27.2 Å². The smallest absolute Gasteiger partial charge is 0.361 e. The van der Waals surface area contributed by atoms with Crippen molar-refractivity contribution in [1.82, 2.24) is 0 Å². The van der Waals surface area contributed by atoms with Crippen molar-refractivity contribution in [2.24, 2.45) is 17.8 Å². The molecule has 0 aromatic carbocycles. The maximum atomic E-state index is 11.9. The van der Waals surface area contributed by atoms with E-state index < -0.39 is 0 Å². The van der Waals surface area contributed by atoms with Crippen LogP contribution >= 0.6 is 0 Å². The van der Waals surface area contributed by atoms with Crippen molar-refractivity contribution in [2.75, 3.05) is 39.5 Å². The highest BCUT2D eigenvalue weighted by Gasteiger charge is 2.28. The summed E-state index contributed by atoms with van der Waals surface area (Å²) in [6, 6.07) is 0. The van der Waals surface area contributed by atoms with E-state index in [2.05, 4.69) is 26.8 Å². The molecular formula is C16H28NO3+. The van der Waals surface area contributed by atoms with Gasteiger partial charge in [0, 0.05) is 5.92 Å². The van der Waals surface area contributed by atoms with Crippen LogP contribution in [-0.2, 0) is 14.3 Å². The van der Waals surface area contributed by atoms with Crippen LogP contribution in [0, 0.1) is 17.8 Å². The molecule has 0 spiro atoms. The predicted octanol–water partition coefficient (Wildman–Crippen LogP) is 0.683. The highest BCUT2D eigenvalue weighted by Crippen LogP contribution is 2.33. The fourth-order valence-corrected chi connectivity index (χ4v) is 3.42.